The van der Waals surface area contributed by atoms with Crippen molar-refractivity contribution in [3.05, 3.63) is 59.5 Å². The molecule has 2 unspecified atom stereocenters. The van der Waals surface area contributed by atoms with Crippen LogP contribution in [0.15, 0.2) is 47.1 Å². The zero-order valence-electron chi connectivity index (χ0n) is 15.1. The van der Waals surface area contributed by atoms with Crippen molar-refractivity contribution in [2.45, 2.75) is 44.8 Å². The maximum atomic E-state index is 12.9. The number of hydrogen-bond acceptors (Lipinski definition) is 4. The number of carboxylic acids is 1. The number of benzene rings is 1. The van der Waals surface area contributed by atoms with Gasteiger partial charge in [0.05, 0.1) is 6.26 Å². The van der Waals surface area contributed by atoms with E-state index in [1.807, 2.05) is 31.2 Å². The molecule has 142 valence electrons. The molecular formula is C20H22N2O5. The molecule has 0 aliphatic carbocycles. The summed E-state index contributed by atoms with van der Waals surface area (Å²) in [4.78, 5) is 38.6. The number of fused-ring (bicyclic) bond motifs is 1. The van der Waals surface area contributed by atoms with Gasteiger partial charge in [0.25, 0.3) is 5.91 Å². The second-order valence-corrected chi connectivity index (χ2v) is 6.59. The predicted molar refractivity (Wildman–Crippen MR) is 97.0 cm³/mol. The highest BCUT2D eigenvalue weighted by Gasteiger charge is 2.37. The first-order chi connectivity index (χ1) is 13.0. The molecule has 7 nitrogen and oxygen atoms in total. The number of nitrogens with zero attached hydrogens (tertiary/aromatic N) is 1. The Balaban J connectivity index is 1.88. The molecule has 27 heavy (non-hydrogen) atoms. The summed E-state index contributed by atoms with van der Waals surface area (Å²) in [6.07, 6.45) is 2.69. The zero-order chi connectivity index (χ0) is 19.4. The van der Waals surface area contributed by atoms with Crippen molar-refractivity contribution in [1.82, 2.24) is 10.2 Å². The van der Waals surface area contributed by atoms with Gasteiger partial charge in [-0.05, 0) is 29.7 Å². The van der Waals surface area contributed by atoms with Crippen LogP contribution >= 0.6 is 0 Å². The Morgan fingerprint density at radius 1 is 1.22 bits per heavy atom. The van der Waals surface area contributed by atoms with E-state index in [-0.39, 0.29) is 12.3 Å². The maximum absolute atomic E-state index is 12.9. The van der Waals surface area contributed by atoms with Gasteiger partial charge in [-0.15, -0.1) is 0 Å². The summed E-state index contributed by atoms with van der Waals surface area (Å²) in [6, 6.07) is 9.01. The van der Waals surface area contributed by atoms with Gasteiger partial charge in [-0.1, -0.05) is 37.6 Å². The van der Waals surface area contributed by atoms with Crippen molar-refractivity contribution >= 4 is 17.8 Å². The molecule has 2 heterocycles. The van der Waals surface area contributed by atoms with Crippen LogP contribution in [0, 0.1) is 0 Å². The van der Waals surface area contributed by atoms with Crippen molar-refractivity contribution in [3.63, 3.8) is 0 Å². The van der Waals surface area contributed by atoms with Crippen molar-refractivity contribution in [3.8, 4) is 0 Å². The lowest BCUT2D eigenvalue weighted by Crippen LogP contribution is -2.55. The number of amides is 2. The summed E-state index contributed by atoms with van der Waals surface area (Å²) in [5, 5.41) is 11.9. The molecule has 1 aliphatic heterocycles. The Hall–Kier alpha value is -3.09. The van der Waals surface area contributed by atoms with E-state index in [4.69, 9.17) is 4.42 Å². The van der Waals surface area contributed by atoms with Gasteiger partial charge >= 0.3 is 5.97 Å². The number of hydrogen-bond donors (Lipinski definition) is 2. The zero-order valence-corrected chi connectivity index (χ0v) is 15.1. The Kier molecular flexibility index (Phi) is 5.59. The van der Waals surface area contributed by atoms with Crippen LogP contribution in [0.3, 0.4) is 0 Å². The second kappa shape index (κ2) is 8.07. The van der Waals surface area contributed by atoms with Gasteiger partial charge in [0.15, 0.2) is 5.76 Å². The predicted octanol–water partition coefficient (Wildman–Crippen LogP) is 2.22. The van der Waals surface area contributed by atoms with E-state index in [1.54, 1.807) is 12.1 Å². The summed E-state index contributed by atoms with van der Waals surface area (Å²) in [7, 11) is 0. The number of aliphatic carboxylic acids is 1. The number of carbonyl (C=O) groups excluding carboxylic acids is 2. The van der Waals surface area contributed by atoms with E-state index in [0.29, 0.717) is 19.3 Å². The fraction of sp³-hybridized carbons (Fsp3) is 0.350. The van der Waals surface area contributed by atoms with E-state index < -0.39 is 29.9 Å². The van der Waals surface area contributed by atoms with Gasteiger partial charge < -0.3 is 19.7 Å². The average molecular weight is 370 g/mol. The molecule has 3 rings (SSSR count). The molecule has 1 aromatic carbocycles. The monoisotopic (exact) mass is 370 g/mol. The highest BCUT2D eigenvalue weighted by Crippen LogP contribution is 2.25. The summed E-state index contributed by atoms with van der Waals surface area (Å²) in [5.41, 5.74) is 1.94. The van der Waals surface area contributed by atoms with Gasteiger partial charge in [0.2, 0.25) is 5.91 Å². The first-order valence-electron chi connectivity index (χ1n) is 8.95. The SMILES string of the molecule is CCCC(NC(=O)C1Cc2ccccc2CN1C(=O)c1ccco1)C(=O)O. The van der Waals surface area contributed by atoms with Crippen LogP contribution in [0.1, 0.15) is 41.4 Å². The van der Waals surface area contributed by atoms with Crippen molar-refractivity contribution in [2.24, 2.45) is 0 Å². The van der Waals surface area contributed by atoms with Crippen LogP contribution < -0.4 is 5.32 Å². The van der Waals surface area contributed by atoms with Crippen LogP contribution in [0.25, 0.3) is 0 Å². The van der Waals surface area contributed by atoms with Gasteiger partial charge in [0.1, 0.15) is 12.1 Å². The molecule has 1 aliphatic rings. The number of nitrogens with one attached hydrogen (secondary N) is 1. The number of furan rings is 1. The number of carboxylic acid groups (broad SMARTS) is 1. The Bertz CT molecular complexity index is 831. The Morgan fingerprint density at radius 3 is 2.59 bits per heavy atom. The largest absolute Gasteiger partial charge is 0.480 e. The average Bonchev–Trinajstić information content (AvgIpc) is 3.20. The second-order valence-electron chi connectivity index (χ2n) is 6.59. The fourth-order valence-electron chi connectivity index (χ4n) is 3.33. The first kappa shape index (κ1) is 18.7. The summed E-state index contributed by atoms with van der Waals surface area (Å²) in [5.74, 6) is -1.79. The minimum absolute atomic E-state index is 0.149. The summed E-state index contributed by atoms with van der Waals surface area (Å²) >= 11 is 0. The van der Waals surface area contributed by atoms with Crippen LogP contribution in [0.4, 0.5) is 0 Å². The fourth-order valence-corrected chi connectivity index (χ4v) is 3.33. The van der Waals surface area contributed by atoms with E-state index in [2.05, 4.69) is 5.32 Å². The molecule has 0 spiro atoms. The van der Waals surface area contributed by atoms with E-state index in [0.717, 1.165) is 11.1 Å². The molecule has 0 radical (unpaired) electrons. The van der Waals surface area contributed by atoms with E-state index in [9.17, 15) is 19.5 Å². The van der Waals surface area contributed by atoms with Gasteiger partial charge in [-0.3, -0.25) is 9.59 Å². The molecule has 2 atom stereocenters. The highest BCUT2D eigenvalue weighted by molar-refractivity contribution is 5.96. The number of carbonyl (C=O) groups is 3. The van der Waals surface area contributed by atoms with Crippen LogP contribution in [-0.4, -0.2) is 39.9 Å². The maximum Gasteiger partial charge on any atom is 0.326 e. The molecule has 0 saturated heterocycles. The lowest BCUT2D eigenvalue weighted by atomic mass is 9.93. The molecule has 1 aromatic heterocycles. The molecule has 0 saturated carbocycles. The number of rotatable bonds is 6. The van der Waals surface area contributed by atoms with Crippen LogP contribution in [0.5, 0.6) is 0 Å². The third-order valence-electron chi connectivity index (χ3n) is 4.74. The quantitative estimate of drug-likeness (QED) is 0.812. The standard InChI is InChI=1S/C20H22N2O5/c1-2-6-15(20(25)26)21-18(23)16-11-13-7-3-4-8-14(13)12-22(16)19(24)17-9-5-10-27-17/h3-5,7-10,15-16H,2,6,11-12H2,1H3,(H,21,23)(H,25,26). The lowest BCUT2D eigenvalue weighted by Gasteiger charge is -2.36. The smallest absolute Gasteiger partial charge is 0.326 e. The lowest BCUT2D eigenvalue weighted by molar-refractivity contribution is -0.142. The van der Waals surface area contributed by atoms with E-state index >= 15 is 0 Å². The minimum atomic E-state index is -1.08. The Labute approximate surface area is 157 Å². The third kappa shape index (κ3) is 4.02. The molecule has 2 N–H and O–H groups in total. The highest BCUT2D eigenvalue weighted by atomic mass is 16.4. The van der Waals surface area contributed by atoms with E-state index in [1.165, 1.54) is 11.2 Å². The van der Waals surface area contributed by atoms with Crippen molar-refractivity contribution in [1.29, 1.82) is 0 Å². The topological polar surface area (TPSA) is 99.9 Å². The third-order valence-corrected chi connectivity index (χ3v) is 4.74. The molecule has 2 amide bonds. The van der Waals surface area contributed by atoms with Crippen molar-refractivity contribution < 1.29 is 23.9 Å². The minimum Gasteiger partial charge on any atom is -0.480 e. The van der Waals surface area contributed by atoms with Gasteiger partial charge in [0, 0.05) is 13.0 Å². The summed E-state index contributed by atoms with van der Waals surface area (Å²) in [6.45, 7) is 2.12. The molecule has 0 fully saturated rings. The van der Waals surface area contributed by atoms with Gasteiger partial charge in [-0.25, -0.2) is 4.79 Å². The molecule has 2 aromatic rings. The molecular weight excluding hydrogens is 348 g/mol. The normalized spacial score (nSPS) is 17.1. The Morgan fingerprint density at radius 2 is 1.96 bits per heavy atom. The summed E-state index contributed by atoms with van der Waals surface area (Å²) < 4.78 is 5.21. The van der Waals surface area contributed by atoms with Crippen molar-refractivity contribution in [2.75, 3.05) is 0 Å². The molecule has 7 heteroatoms. The first-order valence-corrected chi connectivity index (χ1v) is 8.95. The van der Waals surface area contributed by atoms with Gasteiger partial charge in [-0.2, -0.15) is 0 Å². The molecule has 0 bridgehead atoms. The van der Waals surface area contributed by atoms with Crippen LogP contribution in [-0.2, 0) is 22.6 Å². The van der Waals surface area contributed by atoms with Crippen LogP contribution in [0.2, 0.25) is 0 Å².